The first-order valence-corrected chi connectivity index (χ1v) is 9.66. The number of rotatable bonds is 7. The van der Waals surface area contributed by atoms with Crippen molar-refractivity contribution in [3.8, 4) is 5.75 Å². The van der Waals surface area contributed by atoms with E-state index >= 15 is 0 Å². The number of ether oxygens (including phenoxy) is 1. The summed E-state index contributed by atoms with van der Waals surface area (Å²) < 4.78 is 6.30. The number of nitrogens with one attached hydrogen (secondary N) is 1. The second-order valence-corrected chi connectivity index (χ2v) is 7.53. The lowest BCUT2D eigenvalue weighted by Gasteiger charge is -2.19. The van der Waals surface area contributed by atoms with Crippen LogP contribution >= 0.6 is 11.3 Å². The zero-order valence-corrected chi connectivity index (χ0v) is 16.6. The predicted octanol–water partition coefficient (Wildman–Crippen LogP) is 2.50. The van der Waals surface area contributed by atoms with Crippen LogP contribution in [0.2, 0.25) is 0 Å². The molecule has 5 nitrogen and oxygen atoms in total. The molecule has 0 saturated heterocycles. The van der Waals surface area contributed by atoms with Gasteiger partial charge in [0.05, 0.1) is 44.5 Å². The second-order valence-electron chi connectivity index (χ2n) is 6.52. The Morgan fingerprint density at radius 1 is 1.22 bits per heavy atom. The first kappa shape index (κ1) is 19.1. The molecule has 6 heteroatoms. The van der Waals surface area contributed by atoms with Gasteiger partial charge in [-0.1, -0.05) is 41.7 Å². The minimum atomic E-state index is -0.0638. The Hall–Kier alpha value is -2.70. The molecule has 0 unspecified atom stereocenters. The fourth-order valence-corrected chi connectivity index (χ4v) is 3.62. The number of hydrogen-bond acceptors (Lipinski definition) is 4. The van der Waals surface area contributed by atoms with Crippen LogP contribution in [0.5, 0.6) is 5.75 Å². The average molecular weight is 383 g/mol. The number of hydrogen-bond donors (Lipinski definition) is 1. The van der Waals surface area contributed by atoms with Crippen LogP contribution in [0, 0.1) is 0 Å². The van der Waals surface area contributed by atoms with Crippen LogP contribution in [-0.2, 0) is 4.79 Å². The highest BCUT2D eigenvalue weighted by Gasteiger charge is 2.19. The lowest BCUT2D eigenvalue weighted by molar-refractivity contribution is -0.856. The Balaban J connectivity index is 1.88. The molecule has 0 aliphatic heterocycles. The summed E-state index contributed by atoms with van der Waals surface area (Å²) in [5.41, 5.74) is 1.87. The van der Waals surface area contributed by atoms with E-state index in [4.69, 9.17) is 4.74 Å². The van der Waals surface area contributed by atoms with Gasteiger partial charge in [0.15, 0.2) is 5.13 Å². The van der Waals surface area contributed by atoms with Gasteiger partial charge in [-0.3, -0.25) is 9.69 Å². The number of amides is 1. The first-order valence-electron chi connectivity index (χ1n) is 8.85. The number of aromatic nitrogens is 1. The number of fused-ring (bicyclic) bond motifs is 1. The van der Waals surface area contributed by atoms with Crippen molar-refractivity contribution in [3.63, 3.8) is 0 Å². The van der Waals surface area contributed by atoms with Gasteiger partial charge in [0.1, 0.15) is 5.75 Å². The number of benzene rings is 2. The van der Waals surface area contributed by atoms with Crippen LogP contribution in [0.1, 0.15) is 5.56 Å². The maximum Gasteiger partial charge on any atom is 0.252 e. The average Bonchev–Trinajstić information content (AvgIpc) is 3.09. The van der Waals surface area contributed by atoms with Gasteiger partial charge in [0.2, 0.25) is 0 Å². The third-order valence-corrected chi connectivity index (χ3v) is 5.18. The van der Waals surface area contributed by atoms with Crippen molar-refractivity contribution in [1.29, 1.82) is 0 Å². The highest BCUT2D eigenvalue weighted by molar-refractivity contribution is 7.22. The third kappa shape index (κ3) is 4.93. The van der Waals surface area contributed by atoms with Gasteiger partial charge < -0.3 is 9.64 Å². The van der Waals surface area contributed by atoms with E-state index < -0.39 is 0 Å². The molecule has 1 amide bonds. The molecule has 0 atom stereocenters. The number of carbonyl (C=O) groups excluding carboxylic acids is 1. The van der Waals surface area contributed by atoms with E-state index in [0.717, 1.165) is 28.1 Å². The van der Waals surface area contributed by atoms with Gasteiger partial charge in [-0.25, -0.2) is 4.98 Å². The van der Waals surface area contributed by atoms with Gasteiger partial charge in [-0.2, -0.15) is 0 Å². The molecular formula is C21H24N3O2S+. The molecule has 2 aromatic carbocycles. The molecule has 3 rings (SSSR count). The summed E-state index contributed by atoms with van der Waals surface area (Å²) in [7, 11) is 5.80. The molecule has 27 heavy (non-hydrogen) atoms. The molecule has 3 aromatic rings. The van der Waals surface area contributed by atoms with Gasteiger partial charge in [0, 0.05) is 6.08 Å². The molecule has 1 aromatic heterocycles. The number of carbonyl (C=O) groups is 1. The summed E-state index contributed by atoms with van der Waals surface area (Å²) in [4.78, 5) is 20.6. The van der Waals surface area contributed by atoms with Crippen LogP contribution in [0.4, 0.5) is 5.13 Å². The lowest BCUT2D eigenvalue weighted by atomic mass is 10.2. The number of anilines is 1. The third-order valence-electron chi connectivity index (χ3n) is 4.13. The maximum atomic E-state index is 12.9. The second kappa shape index (κ2) is 8.79. The summed E-state index contributed by atoms with van der Waals surface area (Å²) in [6.45, 7) is 1.45. The van der Waals surface area contributed by atoms with Gasteiger partial charge >= 0.3 is 0 Å². The van der Waals surface area contributed by atoms with Crippen molar-refractivity contribution >= 4 is 38.7 Å². The van der Waals surface area contributed by atoms with Crippen molar-refractivity contribution in [2.24, 2.45) is 0 Å². The standard InChI is InChI=1S/C21H23N3O2S/c1-23(2)13-14-24(20(25)12-9-16-7-5-4-6-8-16)21-22-18-11-10-17(26-3)15-19(18)27-21/h4-12,15H,13-14H2,1-3H3/p+1/b12-9+. The first-order chi connectivity index (χ1) is 13.1. The Bertz CT molecular complexity index is 935. The molecule has 0 bridgehead atoms. The van der Waals surface area contributed by atoms with Crippen LogP contribution in [0.25, 0.3) is 16.3 Å². The van der Waals surface area contributed by atoms with Crippen molar-refractivity contribution in [2.45, 2.75) is 0 Å². The van der Waals surface area contributed by atoms with E-state index in [1.54, 1.807) is 18.1 Å². The largest absolute Gasteiger partial charge is 0.497 e. The molecule has 0 aliphatic rings. The molecule has 1 N–H and O–H groups in total. The lowest BCUT2D eigenvalue weighted by Crippen LogP contribution is -3.06. The SMILES string of the molecule is COc1ccc2nc(N(CC[NH+](C)C)C(=O)/C=C/c3ccccc3)sc2c1. The minimum Gasteiger partial charge on any atom is -0.497 e. The highest BCUT2D eigenvalue weighted by atomic mass is 32.1. The normalized spacial score (nSPS) is 11.4. The number of likely N-dealkylation sites (N-methyl/N-ethyl adjacent to an activating group) is 1. The summed E-state index contributed by atoms with van der Waals surface area (Å²) >= 11 is 1.51. The summed E-state index contributed by atoms with van der Waals surface area (Å²) in [5.74, 6) is 0.725. The fourth-order valence-electron chi connectivity index (χ4n) is 2.59. The van der Waals surface area contributed by atoms with Crippen LogP contribution in [0.15, 0.2) is 54.6 Å². The molecule has 0 spiro atoms. The molecule has 0 aliphatic carbocycles. The van der Waals surface area contributed by atoms with Crippen LogP contribution < -0.4 is 14.5 Å². The van der Waals surface area contributed by atoms with E-state index in [-0.39, 0.29) is 5.91 Å². The summed E-state index contributed by atoms with van der Waals surface area (Å²) in [6.07, 6.45) is 3.46. The molecule has 0 fully saturated rings. The van der Waals surface area contributed by atoms with Crippen molar-refractivity contribution in [1.82, 2.24) is 4.98 Å². The Labute approximate surface area is 163 Å². The Morgan fingerprint density at radius 3 is 2.70 bits per heavy atom. The number of thiazole rings is 1. The van der Waals surface area contributed by atoms with Crippen LogP contribution in [0.3, 0.4) is 0 Å². The van der Waals surface area contributed by atoms with Crippen molar-refractivity contribution in [3.05, 3.63) is 60.2 Å². The van der Waals surface area contributed by atoms with Gasteiger partial charge in [0.25, 0.3) is 5.91 Å². The molecule has 1 heterocycles. The molecular weight excluding hydrogens is 358 g/mol. The Kier molecular flexibility index (Phi) is 6.21. The highest BCUT2D eigenvalue weighted by Crippen LogP contribution is 2.31. The van der Waals surface area contributed by atoms with Crippen molar-refractivity contribution in [2.75, 3.05) is 39.2 Å². The van der Waals surface area contributed by atoms with Crippen molar-refractivity contribution < 1.29 is 14.4 Å². The van der Waals surface area contributed by atoms with Gasteiger partial charge in [-0.15, -0.1) is 0 Å². The molecule has 0 saturated carbocycles. The predicted molar refractivity (Wildman–Crippen MR) is 112 cm³/mol. The Morgan fingerprint density at radius 2 is 2.00 bits per heavy atom. The smallest absolute Gasteiger partial charge is 0.252 e. The van der Waals surface area contributed by atoms with E-state index in [1.165, 1.54) is 16.2 Å². The quantitative estimate of drug-likeness (QED) is 0.639. The van der Waals surface area contributed by atoms with Gasteiger partial charge in [-0.05, 0) is 29.8 Å². The van der Waals surface area contributed by atoms with E-state index in [9.17, 15) is 4.79 Å². The maximum absolute atomic E-state index is 12.9. The zero-order chi connectivity index (χ0) is 19.2. The van der Waals surface area contributed by atoms with Crippen LogP contribution in [-0.4, -0.2) is 45.2 Å². The molecule has 0 radical (unpaired) electrons. The minimum absolute atomic E-state index is 0.0638. The molecule has 140 valence electrons. The summed E-state index contributed by atoms with van der Waals surface area (Å²) in [5, 5.41) is 0.710. The number of methoxy groups -OCH3 is 1. The monoisotopic (exact) mass is 382 g/mol. The summed E-state index contributed by atoms with van der Waals surface area (Å²) in [6, 6.07) is 15.6. The van der Waals surface area contributed by atoms with E-state index in [1.807, 2.05) is 54.6 Å². The zero-order valence-electron chi connectivity index (χ0n) is 15.8. The number of quaternary nitrogens is 1. The fraction of sp³-hybridized carbons (Fsp3) is 0.238. The van der Waals surface area contributed by atoms with E-state index in [2.05, 4.69) is 19.1 Å². The topological polar surface area (TPSA) is 46.9 Å². The number of nitrogens with zero attached hydrogens (tertiary/aromatic N) is 2. The van der Waals surface area contributed by atoms with E-state index in [0.29, 0.717) is 11.7 Å².